The molecule has 3 nitrogen and oxygen atoms in total. The zero-order valence-electron chi connectivity index (χ0n) is 15.1. The van der Waals surface area contributed by atoms with Crippen molar-refractivity contribution < 1.29 is 9.84 Å². The Morgan fingerprint density at radius 3 is 2.20 bits per heavy atom. The van der Waals surface area contributed by atoms with Crippen LogP contribution in [0.4, 0.5) is 0 Å². The summed E-state index contributed by atoms with van der Waals surface area (Å²) in [5, 5.41) is 11.9. The molecule has 1 fully saturated rings. The zero-order valence-corrected chi connectivity index (χ0v) is 15.1. The molecule has 25 heavy (non-hydrogen) atoms. The molecule has 1 N–H and O–H groups in total. The smallest absolute Gasteiger partial charge is 0.0976 e. The van der Waals surface area contributed by atoms with Crippen LogP contribution < -0.4 is 0 Å². The SMILES string of the molecule is CCC[C@@](O)(c1ccccc1)[C@@H](CN1CCOCC1)c1ccccc1. The van der Waals surface area contributed by atoms with E-state index in [1.54, 1.807) is 0 Å². The van der Waals surface area contributed by atoms with Gasteiger partial charge in [0, 0.05) is 25.6 Å². The summed E-state index contributed by atoms with van der Waals surface area (Å²) in [7, 11) is 0. The van der Waals surface area contributed by atoms with Crippen LogP contribution >= 0.6 is 0 Å². The third-order valence-corrected chi connectivity index (χ3v) is 5.23. The van der Waals surface area contributed by atoms with Crippen LogP contribution in [-0.2, 0) is 10.3 Å². The van der Waals surface area contributed by atoms with Gasteiger partial charge >= 0.3 is 0 Å². The molecule has 0 unspecified atom stereocenters. The highest BCUT2D eigenvalue weighted by Crippen LogP contribution is 2.41. The molecule has 0 aromatic heterocycles. The maximum absolute atomic E-state index is 11.9. The van der Waals surface area contributed by atoms with Gasteiger partial charge in [-0.15, -0.1) is 0 Å². The Labute approximate surface area is 151 Å². The number of hydrogen-bond donors (Lipinski definition) is 1. The van der Waals surface area contributed by atoms with E-state index in [1.165, 1.54) is 5.56 Å². The molecule has 1 aliphatic rings. The molecule has 0 saturated carbocycles. The largest absolute Gasteiger partial charge is 0.384 e. The van der Waals surface area contributed by atoms with Crippen LogP contribution in [0.5, 0.6) is 0 Å². The molecule has 3 heteroatoms. The van der Waals surface area contributed by atoms with Crippen LogP contribution in [0.25, 0.3) is 0 Å². The summed E-state index contributed by atoms with van der Waals surface area (Å²) in [5.41, 5.74) is 1.35. The van der Waals surface area contributed by atoms with Gasteiger partial charge in [-0.2, -0.15) is 0 Å². The lowest BCUT2D eigenvalue weighted by atomic mass is 9.74. The predicted octanol–water partition coefficient (Wildman–Crippen LogP) is 3.79. The zero-order chi connectivity index (χ0) is 17.5. The summed E-state index contributed by atoms with van der Waals surface area (Å²) in [6, 6.07) is 20.6. The molecule has 0 radical (unpaired) electrons. The molecule has 0 amide bonds. The topological polar surface area (TPSA) is 32.7 Å². The fraction of sp³-hybridized carbons (Fsp3) is 0.455. The van der Waals surface area contributed by atoms with E-state index >= 15 is 0 Å². The molecule has 3 rings (SSSR count). The molecule has 0 aliphatic carbocycles. The molecule has 1 saturated heterocycles. The van der Waals surface area contributed by atoms with Gasteiger partial charge in [-0.1, -0.05) is 74.0 Å². The Morgan fingerprint density at radius 2 is 1.60 bits per heavy atom. The molecule has 1 heterocycles. The first kappa shape index (κ1) is 18.1. The monoisotopic (exact) mass is 339 g/mol. The fourth-order valence-corrected chi connectivity index (χ4v) is 3.89. The van der Waals surface area contributed by atoms with Crippen molar-refractivity contribution >= 4 is 0 Å². The third-order valence-electron chi connectivity index (χ3n) is 5.23. The van der Waals surface area contributed by atoms with E-state index in [0.717, 1.165) is 51.3 Å². The van der Waals surface area contributed by atoms with Gasteiger partial charge in [-0.3, -0.25) is 4.90 Å². The van der Waals surface area contributed by atoms with E-state index in [4.69, 9.17) is 4.74 Å². The first-order chi connectivity index (χ1) is 12.2. The van der Waals surface area contributed by atoms with E-state index < -0.39 is 5.60 Å². The average molecular weight is 339 g/mol. The van der Waals surface area contributed by atoms with Crippen LogP contribution in [0.3, 0.4) is 0 Å². The molecule has 2 aromatic rings. The standard InChI is InChI=1S/C22H29NO2/c1-2-13-22(24,20-11-7-4-8-12-20)21(19-9-5-3-6-10-19)18-23-14-16-25-17-15-23/h3-12,21,24H,2,13-18H2,1H3/t21-,22+/m0/s1. The van der Waals surface area contributed by atoms with Gasteiger partial charge in [0.15, 0.2) is 0 Å². The summed E-state index contributed by atoms with van der Waals surface area (Å²) in [6.45, 7) is 6.40. The van der Waals surface area contributed by atoms with Crippen LogP contribution in [0, 0.1) is 0 Å². The highest BCUT2D eigenvalue weighted by Gasteiger charge is 2.39. The van der Waals surface area contributed by atoms with Gasteiger partial charge < -0.3 is 9.84 Å². The second-order valence-electron chi connectivity index (χ2n) is 6.92. The third kappa shape index (κ3) is 4.30. The van der Waals surface area contributed by atoms with Crippen LogP contribution in [0.15, 0.2) is 60.7 Å². The van der Waals surface area contributed by atoms with Gasteiger partial charge in [0.1, 0.15) is 0 Å². The Balaban J connectivity index is 1.97. The van der Waals surface area contributed by atoms with Gasteiger partial charge in [0.25, 0.3) is 0 Å². The molecule has 0 bridgehead atoms. The van der Waals surface area contributed by atoms with E-state index in [1.807, 2.05) is 24.3 Å². The molecule has 1 aliphatic heterocycles. The van der Waals surface area contributed by atoms with Gasteiger partial charge in [-0.05, 0) is 17.5 Å². The lowest BCUT2D eigenvalue weighted by molar-refractivity contribution is -0.0285. The van der Waals surface area contributed by atoms with Crippen molar-refractivity contribution in [3.63, 3.8) is 0 Å². The Hall–Kier alpha value is -1.68. The molecule has 0 spiro atoms. The number of benzene rings is 2. The maximum Gasteiger partial charge on any atom is 0.0976 e. The molecule has 2 aromatic carbocycles. The normalized spacial score (nSPS) is 19.3. The van der Waals surface area contributed by atoms with Crippen LogP contribution in [0.2, 0.25) is 0 Å². The Kier molecular flexibility index (Phi) is 6.24. The lowest BCUT2D eigenvalue weighted by Crippen LogP contribution is -2.45. The van der Waals surface area contributed by atoms with Crippen molar-refractivity contribution in [3.8, 4) is 0 Å². The maximum atomic E-state index is 11.9. The Bertz CT molecular complexity index is 625. The molecule has 134 valence electrons. The Morgan fingerprint density at radius 1 is 1.00 bits per heavy atom. The first-order valence-electron chi connectivity index (χ1n) is 9.37. The predicted molar refractivity (Wildman–Crippen MR) is 102 cm³/mol. The number of rotatable bonds is 7. The second kappa shape index (κ2) is 8.61. The number of ether oxygens (including phenoxy) is 1. The van der Waals surface area contributed by atoms with E-state index in [0.29, 0.717) is 0 Å². The second-order valence-corrected chi connectivity index (χ2v) is 6.92. The van der Waals surface area contributed by atoms with Crippen molar-refractivity contribution in [2.45, 2.75) is 31.3 Å². The van der Waals surface area contributed by atoms with Crippen molar-refractivity contribution in [3.05, 3.63) is 71.8 Å². The van der Waals surface area contributed by atoms with E-state index in [-0.39, 0.29) is 5.92 Å². The molecule has 2 atom stereocenters. The number of morpholine rings is 1. The summed E-state index contributed by atoms with van der Waals surface area (Å²) >= 11 is 0. The summed E-state index contributed by atoms with van der Waals surface area (Å²) in [5.74, 6) is 0.0362. The van der Waals surface area contributed by atoms with Crippen molar-refractivity contribution in [2.24, 2.45) is 0 Å². The minimum atomic E-state index is -0.865. The molecular weight excluding hydrogens is 310 g/mol. The summed E-state index contributed by atoms with van der Waals surface area (Å²) < 4.78 is 5.50. The number of nitrogens with zero attached hydrogens (tertiary/aromatic N) is 1. The van der Waals surface area contributed by atoms with Gasteiger partial charge in [0.05, 0.1) is 18.8 Å². The summed E-state index contributed by atoms with van der Waals surface area (Å²) in [6.07, 6.45) is 1.69. The minimum absolute atomic E-state index is 0.0362. The van der Waals surface area contributed by atoms with E-state index in [9.17, 15) is 5.11 Å². The molecular formula is C22H29NO2. The summed E-state index contributed by atoms with van der Waals surface area (Å²) in [4.78, 5) is 2.42. The quantitative estimate of drug-likeness (QED) is 0.833. The van der Waals surface area contributed by atoms with Gasteiger partial charge in [0.2, 0.25) is 0 Å². The fourth-order valence-electron chi connectivity index (χ4n) is 3.89. The van der Waals surface area contributed by atoms with E-state index in [2.05, 4.69) is 48.2 Å². The first-order valence-corrected chi connectivity index (χ1v) is 9.37. The number of hydrogen-bond acceptors (Lipinski definition) is 3. The van der Waals surface area contributed by atoms with Crippen molar-refractivity contribution in [1.82, 2.24) is 4.90 Å². The highest BCUT2D eigenvalue weighted by atomic mass is 16.5. The van der Waals surface area contributed by atoms with Crippen LogP contribution in [0.1, 0.15) is 36.8 Å². The van der Waals surface area contributed by atoms with Crippen molar-refractivity contribution in [2.75, 3.05) is 32.8 Å². The van der Waals surface area contributed by atoms with Crippen LogP contribution in [-0.4, -0.2) is 42.9 Å². The average Bonchev–Trinajstić information content (AvgIpc) is 2.68. The highest BCUT2D eigenvalue weighted by molar-refractivity contribution is 5.31. The van der Waals surface area contributed by atoms with Crippen molar-refractivity contribution in [1.29, 1.82) is 0 Å². The lowest BCUT2D eigenvalue weighted by Gasteiger charge is -2.41. The minimum Gasteiger partial charge on any atom is -0.384 e. The van der Waals surface area contributed by atoms with Gasteiger partial charge in [-0.25, -0.2) is 0 Å². The number of aliphatic hydroxyl groups is 1.